The first kappa shape index (κ1) is 19.4. The molecule has 1 aromatic carbocycles. The molecule has 1 aliphatic rings. The molecule has 25 heavy (non-hydrogen) atoms. The van der Waals surface area contributed by atoms with E-state index in [0.717, 1.165) is 24.7 Å². The molecule has 0 bridgehead atoms. The number of carbonyl (C=O) groups is 2. The largest absolute Gasteiger partial charge is 0.338 e. The summed E-state index contributed by atoms with van der Waals surface area (Å²) in [7, 11) is -3.23. The smallest absolute Gasteiger partial charge is 0.253 e. The number of benzene rings is 1. The molecule has 0 aliphatic carbocycles. The molecular weight excluding hydrogens is 342 g/mol. The highest BCUT2D eigenvalue weighted by molar-refractivity contribution is 7.88. The first-order chi connectivity index (χ1) is 11.7. The number of sulfonamides is 1. The van der Waals surface area contributed by atoms with Crippen molar-refractivity contribution in [3.63, 3.8) is 0 Å². The van der Waals surface area contributed by atoms with Crippen LogP contribution in [-0.2, 0) is 14.8 Å². The average Bonchev–Trinajstić information content (AvgIpc) is 2.53. The predicted molar refractivity (Wildman–Crippen MR) is 97.0 cm³/mol. The van der Waals surface area contributed by atoms with E-state index in [9.17, 15) is 18.0 Å². The third-order valence-electron chi connectivity index (χ3n) is 4.24. The molecule has 1 aliphatic heterocycles. The number of likely N-dealkylation sites (tertiary alicyclic amines) is 1. The number of hydrogen-bond donors (Lipinski definition) is 2. The van der Waals surface area contributed by atoms with Crippen LogP contribution in [-0.4, -0.2) is 51.0 Å². The van der Waals surface area contributed by atoms with Crippen molar-refractivity contribution in [2.24, 2.45) is 5.92 Å². The molecule has 1 atom stereocenters. The Balaban J connectivity index is 2.07. The van der Waals surface area contributed by atoms with Crippen LogP contribution >= 0.6 is 0 Å². The summed E-state index contributed by atoms with van der Waals surface area (Å²) < 4.78 is 25.0. The van der Waals surface area contributed by atoms with Gasteiger partial charge in [-0.2, -0.15) is 0 Å². The Morgan fingerprint density at radius 3 is 2.68 bits per heavy atom. The van der Waals surface area contributed by atoms with E-state index in [1.54, 1.807) is 17.0 Å². The summed E-state index contributed by atoms with van der Waals surface area (Å²) in [6.45, 7) is 4.81. The first-order valence-corrected chi connectivity index (χ1v) is 10.2. The van der Waals surface area contributed by atoms with Gasteiger partial charge in [0.2, 0.25) is 15.9 Å². The van der Waals surface area contributed by atoms with Gasteiger partial charge >= 0.3 is 0 Å². The minimum atomic E-state index is -3.23. The van der Waals surface area contributed by atoms with Gasteiger partial charge in [0.1, 0.15) is 0 Å². The van der Waals surface area contributed by atoms with Crippen LogP contribution in [0.25, 0.3) is 0 Å². The highest BCUT2D eigenvalue weighted by Gasteiger charge is 2.25. The predicted octanol–water partition coefficient (Wildman–Crippen LogP) is 1.35. The van der Waals surface area contributed by atoms with Crippen LogP contribution in [0.15, 0.2) is 18.2 Å². The zero-order valence-electron chi connectivity index (χ0n) is 14.8. The highest BCUT2D eigenvalue weighted by atomic mass is 32.2. The standard InChI is InChI=1S/C17H25N3O4S/c1-12-6-7-15(9-16(12)19-13(2)21)17(22)20-8-4-5-14(11-20)10-18-25(3,23)24/h6-7,9,14,18H,4-5,8,10-11H2,1-3H3,(H,19,21). The number of nitrogens with one attached hydrogen (secondary N) is 2. The van der Waals surface area contributed by atoms with Crippen LogP contribution in [0.4, 0.5) is 5.69 Å². The van der Waals surface area contributed by atoms with E-state index in [-0.39, 0.29) is 17.7 Å². The van der Waals surface area contributed by atoms with E-state index in [1.165, 1.54) is 6.92 Å². The fraction of sp³-hybridized carbons (Fsp3) is 0.529. The maximum atomic E-state index is 12.8. The molecular formula is C17H25N3O4S. The van der Waals surface area contributed by atoms with Crippen molar-refractivity contribution >= 4 is 27.5 Å². The Morgan fingerprint density at radius 2 is 2.04 bits per heavy atom. The van der Waals surface area contributed by atoms with Gasteiger partial charge in [-0.05, 0) is 43.4 Å². The molecule has 2 N–H and O–H groups in total. The maximum absolute atomic E-state index is 12.8. The highest BCUT2D eigenvalue weighted by Crippen LogP contribution is 2.22. The van der Waals surface area contributed by atoms with Gasteiger partial charge in [0.15, 0.2) is 0 Å². The van der Waals surface area contributed by atoms with Gasteiger partial charge in [0.25, 0.3) is 5.91 Å². The second-order valence-corrected chi connectivity index (χ2v) is 8.42. The fourth-order valence-electron chi connectivity index (χ4n) is 2.95. The lowest BCUT2D eigenvalue weighted by Crippen LogP contribution is -2.43. The van der Waals surface area contributed by atoms with Crippen LogP contribution in [0.3, 0.4) is 0 Å². The van der Waals surface area contributed by atoms with Gasteiger partial charge in [-0.25, -0.2) is 13.1 Å². The van der Waals surface area contributed by atoms with Gasteiger partial charge in [0, 0.05) is 37.8 Å². The summed E-state index contributed by atoms with van der Waals surface area (Å²) in [5.74, 6) is -0.180. The van der Waals surface area contributed by atoms with Gasteiger partial charge < -0.3 is 10.2 Å². The SMILES string of the molecule is CC(=O)Nc1cc(C(=O)N2CCCC(CNS(C)(=O)=O)C2)ccc1C. The zero-order valence-corrected chi connectivity index (χ0v) is 15.6. The molecule has 138 valence electrons. The monoisotopic (exact) mass is 367 g/mol. The van der Waals surface area contributed by atoms with E-state index in [4.69, 9.17) is 0 Å². The molecule has 0 aromatic heterocycles. The van der Waals surface area contributed by atoms with Crippen molar-refractivity contribution in [1.29, 1.82) is 0 Å². The van der Waals surface area contributed by atoms with Crippen molar-refractivity contribution in [2.45, 2.75) is 26.7 Å². The van der Waals surface area contributed by atoms with E-state index >= 15 is 0 Å². The number of nitrogens with zero attached hydrogens (tertiary/aromatic N) is 1. The lowest BCUT2D eigenvalue weighted by atomic mass is 9.97. The van der Waals surface area contributed by atoms with E-state index in [0.29, 0.717) is 30.9 Å². The van der Waals surface area contributed by atoms with Gasteiger partial charge in [-0.3, -0.25) is 9.59 Å². The summed E-state index contributed by atoms with van der Waals surface area (Å²) in [5, 5.41) is 2.73. The Labute approximate surface area is 148 Å². The van der Waals surface area contributed by atoms with Crippen LogP contribution < -0.4 is 10.0 Å². The molecule has 8 heteroatoms. The lowest BCUT2D eigenvalue weighted by molar-refractivity contribution is -0.114. The van der Waals surface area contributed by atoms with Gasteiger partial charge in [-0.1, -0.05) is 6.07 Å². The summed E-state index contributed by atoms with van der Waals surface area (Å²) in [5.41, 5.74) is 2.04. The number of anilines is 1. The third-order valence-corrected chi connectivity index (χ3v) is 4.93. The molecule has 1 saturated heterocycles. The molecule has 1 fully saturated rings. The van der Waals surface area contributed by atoms with Crippen LogP contribution in [0.2, 0.25) is 0 Å². The van der Waals surface area contributed by atoms with Crippen molar-refractivity contribution in [2.75, 3.05) is 31.2 Å². The van der Waals surface area contributed by atoms with Crippen LogP contribution in [0, 0.1) is 12.8 Å². The third kappa shape index (κ3) is 5.82. The quantitative estimate of drug-likeness (QED) is 0.821. The summed E-state index contributed by atoms with van der Waals surface area (Å²) in [6, 6.07) is 5.25. The average molecular weight is 367 g/mol. The molecule has 1 heterocycles. The van der Waals surface area contributed by atoms with Gasteiger partial charge in [0.05, 0.1) is 6.26 Å². The minimum Gasteiger partial charge on any atom is -0.338 e. The molecule has 0 saturated carbocycles. The molecule has 1 aromatic rings. The topological polar surface area (TPSA) is 95.6 Å². The molecule has 0 radical (unpaired) electrons. The van der Waals surface area contributed by atoms with Crippen molar-refractivity contribution < 1.29 is 18.0 Å². The lowest BCUT2D eigenvalue weighted by Gasteiger charge is -2.33. The number of piperidine rings is 1. The number of amides is 2. The van der Waals surface area contributed by atoms with Crippen molar-refractivity contribution in [3.05, 3.63) is 29.3 Å². The van der Waals surface area contributed by atoms with Crippen molar-refractivity contribution in [3.8, 4) is 0 Å². The van der Waals surface area contributed by atoms with Crippen LogP contribution in [0.1, 0.15) is 35.7 Å². The molecule has 7 nitrogen and oxygen atoms in total. The first-order valence-electron chi connectivity index (χ1n) is 8.28. The van der Waals surface area contributed by atoms with E-state index in [1.807, 2.05) is 13.0 Å². The Kier molecular flexibility index (Phi) is 6.18. The number of rotatable bonds is 5. The van der Waals surface area contributed by atoms with E-state index in [2.05, 4.69) is 10.0 Å². The second kappa shape index (κ2) is 7.97. The molecule has 2 rings (SSSR count). The second-order valence-electron chi connectivity index (χ2n) is 6.59. The Morgan fingerprint density at radius 1 is 1.32 bits per heavy atom. The van der Waals surface area contributed by atoms with Crippen molar-refractivity contribution in [1.82, 2.24) is 9.62 Å². The zero-order chi connectivity index (χ0) is 18.6. The summed E-state index contributed by atoms with van der Waals surface area (Å²) in [6.07, 6.45) is 2.86. The Bertz CT molecular complexity index is 761. The van der Waals surface area contributed by atoms with Gasteiger partial charge in [-0.15, -0.1) is 0 Å². The number of aryl methyl sites for hydroxylation is 1. The summed E-state index contributed by atoms with van der Waals surface area (Å²) >= 11 is 0. The number of carbonyl (C=O) groups excluding carboxylic acids is 2. The number of hydrogen-bond acceptors (Lipinski definition) is 4. The van der Waals surface area contributed by atoms with E-state index < -0.39 is 10.0 Å². The molecule has 1 unspecified atom stereocenters. The minimum absolute atomic E-state index is 0.101. The normalized spacial score (nSPS) is 18.0. The summed E-state index contributed by atoms with van der Waals surface area (Å²) in [4.78, 5) is 25.8. The Hall–Kier alpha value is -1.93. The fourth-order valence-corrected chi connectivity index (χ4v) is 3.49. The molecule has 0 spiro atoms. The maximum Gasteiger partial charge on any atom is 0.253 e. The molecule has 2 amide bonds. The van der Waals surface area contributed by atoms with Crippen LogP contribution in [0.5, 0.6) is 0 Å².